The van der Waals surface area contributed by atoms with E-state index in [1.807, 2.05) is 43.3 Å². The molecular weight excluding hydrogens is 430 g/mol. The van der Waals surface area contributed by atoms with Gasteiger partial charge in [0.05, 0.1) is 17.2 Å². The van der Waals surface area contributed by atoms with Crippen molar-refractivity contribution in [1.82, 2.24) is 0 Å². The van der Waals surface area contributed by atoms with Crippen molar-refractivity contribution in [2.75, 3.05) is 30.5 Å². The lowest BCUT2D eigenvalue weighted by atomic mass is 10.1. The molecule has 0 unspecified atom stereocenters. The van der Waals surface area contributed by atoms with E-state index < -0.39 is 6.61 Å². The molecule has 158 valence electrons. The van der Waals surface area contributed by atoms with Crippen LogP contribution >= 0.6 is 24.0 Å². The first kappa shape index (κ1) is 22.0. The van der Waals surface area contributed by atoms with Gasteiger partial charge in [0, 0.05) is 19.8 Å². The van der Waals surface area contributed by atoms with Crippen molar-refractivity contribution in [2.24, 2.45) is 0 Å². The van der Waals surface area contributed by atoms with Crippen LogP contribution in [0, 0.1) is 0 Å². The van der Waals surface area contributed by atoms with E-state index in [1.54, 1.807) is 25.1 Å². The fourth-order valence-electron chi connectivity index (χ4n) is 2.82. The van der Waals surface area contributed by atoms with Crippen LogP contribution in [0.1, 0.15) is 12.5 Å². The van der Waals surface area contributed by atoms with E-state index in [4.69, 9.17) is 17.0 Å². The highest BCUT2D eigenvalue weighted by atomic mass is 32.2. The summed E-state index contributed by atoms with van der Waals surface area (Å²) in [6, 6.07) is 12.0. The van der Waals surface area contributed by atoms with E-state index in [0.29, 0.717) is 20.5 Å². The van der Waals surface area contributed by atoms with Crippen LogP contribution in [0.25, 0.3) is 6.08 Å². The van der Waals surface area contributed by atoms with Gasteiger partial charge in [-0.05, 0) is 55.0 Å². The van der Waals surface area contributed by atoms with Crippen molar-refractivity contribution >= 4 is 51.7 Å². The fourth-order valence-corrected chi connectivity index (χ4v) is 4.12. The average molecular weight is 451 g/mol. The van der Waals surface area contributed by atoms with Gasteiger partial charge in [-0.1, -0.05) is 30.0 Å². The normalized spacial score (nSPS) is 15.3. The van der Waals surface area contributed by atoms with E-state index >= 15 is 0 Å². The number of nitrogens with zero attached hydrogens (tertiary/aromatic N) is 2. The lowest BCUT2D eigenvalue weighted by molar-refractivity contribution is -0.113. The highest BCUT2D eigenvalue weighted by Gasteiger charge is 2.33. The third-order valence-corrected chi connectivity index (χ3v) is 5.50. The van der Waals surface area contributed by atoms with E-state index in [9.17, 15) is 13.6 Å². The molecule has 0 bridgehead atoms. The Morgan fingerprint density at radius 1 is 1.17 bits per heavy atom. The summed E-state index contributed by atoms with van der Waals surface area (Å²) in [6.07, 6.45) is 1.65. The molecule has 0 spiro atoms. The summed E-state index contributed by atoms with van der Waals surface area (Å²) in [5.74, 6) is -0.118. The lowest BCUT2D eigenvalue weighted by Gasteiger charge is -2.17. The second-order valence-corrected chi connectivity index (χ2v) is 8.12. The van der Waals surface area contributed by atoms with Crippen molar-refractivity contribution in [2.45, 2.75) is 13.5 Å². The number of carbonyl (C=O) groups is 1. The molecule has 9 heteroatoms. The third kappa shape index (κ3) is 4.91. The SMILES string of the molecule is CCOc1cc(/C=C2\SC(=S)N(c3ccc(N(C)C)cc3)C2=O)ccc1OC(F)F. The fraction of sp³-hybridized carbons (Fsp3) is 0.238. The molecule has 1 amide bonds. The summed E-state index contributed by atoms with van der Waals surface area (Å²) >= 11 is 6.58. The van der Waals surface area contributed by atoms with Crippen LogP contribution in [0.4, 0.5) is 20.2 Å². The van der Waals surface area contributed by atoms with Crippen molar-refractivity contribution in [3.05, 3.63) is 52.9 Å². The standard InChI is InChI=1S/C21H20F2N2O3S2/c1-4-27-17-11-13(5-10-16(17)28-20(22)23)12-18-19(26)25(21(29)30-18)15-8-6-14(7-9-15)24(2)3/h5-12,20H,4H2,1-3H3/b18-12-. The Bertz CT molecular complexity index is 979. The molecular formula is C21H20F2N2O3S2. The molecule has 0 aliphatic carbocycles. The number of hydrogen-bond acceptors (Lipinski definition) is 6. The smallest absolute Gasteiger partial charge is 0.387 e. The number of thiocarbonyl (C=S) groups is 1. The molecule has 1 aliphatic rings. The largest absolute Gasteiger partial charge is 0.490 e. The molecule has 1 fully saturated rings. The maximum Gasteiger partial charge on any atom is 0.387 e. The van der Waals surface area contributed by atoms with Gasteiger partial charge in [-0.3, -0.25) is 9.69 Å². The first-order chi connectivity index (χ1) is 14.3. The van der Waals surface area contributed by atoms with Crippen LogP contribution in [-0.4, -0.2) is 37.5 Å². The number of thioether (sulfide) groups is 1. The van der Waals surface area contributed by atoms with Gasteiger partial charge in [0.2, 0.25) is 0 Å². The molecule has 0 aromatic heterocycles. The third-order valence-electron chi connectivity index (χ3n) is 4.20. The zero-order chi connectivity index (χ0) is 21.8. The highest BCUT2D eigenvalue weighted by Crippen LogP contribution is 2.38. The molecule has 1 aliphatic heterocycles. The number of amides is 1. The van der Waals surface area contributed by atoms with E-state index in [2.05, 4.69) is 4.74 Å². The summed E-state index contributed by atoms with van der Waals surface area (Å²) in [5.41, 5.74) is 2.31. The van der Waals surface area contributed by atoms with Crippen LogP contribution in [0.3, 0.4) is 0 Å². The lowest BCUT2D eigenvalue weighted by Crippen LogP contribution is -2.27. The summed E-state index contributed by atoms with van der Waals surface area (Å²) in [5, 5.41) is 0. The Hall–Kier alpha value is -2.65. The molecule has 5 nitrogen and oxygen atoms in total. The van der Waals surface area contributed by atoms with Crippen molar-refractivity contribution in [3.63, 3.8) is 0 Å². The van der Waals surface area contributed by atoms with Gasteiger partial charge in [0.15, 0.2) is 15.8 Å². The Balaban J connectivity index is 1.86. The Morgan fingerprint density at radius 2 is 1.87 bits per heavy atom. The maximum atomic E-state index is 12.9. The Labute approximate surface area is 183 Å². The van der Waals surface area contributed by atoms with E-state index in [0.717, 1.165) is 5.69 Å². The highest BCUT2D eigenvalue weighted by molar-refractivity contribution is 8.27. The minimum Gasteiger partial charge on any atom is -0.490 e. The van der Waals surface area contributed by atoms with Crippen LogP contribution < -0.4 is 19.3 Å². The Kier molecular flexibility index (Phi) is 6.94. The first-order valence-electron chi connectivity index (χ1n) is 9.07. The molecule has 3 rings (SSSR count). The summed E-state index contributed by atoms with van der Waals surface area (Å²) < 4.78 is 35.4. The maximum absolute atomic E-state index is 12.9. The first-order valence-corrected chi connectivity index (χ1v) is 10.3. The van der Waals surface area contributed by atoms with Crippen molar-refractivity contribution in [1.29, 1.82) is 0 Å². The number of ether oxygens (including phenoxy) is 2. The van der Waals surface area contributed by atoms with Gasteiger partial charge in [-0.15, -0.1) is 0 Å². The number of anilines is 2. The summed E-state index contributed by atoms with van der Waals surface area (Å²) in [4.78, 5) is 16.8. The van der Waals surface area contributed by atoms with Gasteiger partial charge in [-0.2, -0.15) is 8.78 Å². The molecule has 1 saturated heterocycles. The predicted octanol–water partition coefficient (Wildman–Crippen LogP) is 5.16. The average Bonchev–Trinajstić information content (AvgIpc) is 2.97. The molecule has 0 radical (unpaired) electrons. The molecule has 30 heavy (non-hydrogen) atoms. The second kappa shape index (κ2) is 9.44. The molecule has 2 aromatic carbocycles. The molecule has 2 aromatic rings. The van der Waals surface area contributed by atoms with Gasteiger partial charge >= 0.3 is 6.61 Å². The van der Waals surface area contributed by atoms with Gasteiger partial charge in [0.25, 0.3) is 5.91 Å². The number of rotatable bonds is 7. The Morgan fingerprint density at radius 3 is 2.47 bits per heavy atom. The van der Waals surface area contributed by atoms with Gasteiger partial charge in [0.1, 0.15) is 0 Å². The molecule has 0 N–H and O–H groups in total. The number of benzene rings is 2. The second-order valence-electron chi connectivity index (χ2n) is 6.45. The van der Waals surface area contributed by atoms with Crippen molar-refractivity contribution < 1.29 is 23.0 Å². The zero-order valence-electron chi connectivity index (χ0n) is 16.6. The van der Waals surface area contributed by atoms with E-state index in [-0.39, 0.29) is 24.0 Å². The minimum atomic E-state index is -2.95. The number of hydrogen-bond donors (Lipinski definition) is 0. The van der Waals surface area contributed by atoms with Gasteiger partial charge < -0.3 is 14.4 Å². The number of alkyl halides is 2. The molecule has 0 saturated carbocycles. The summed E-state index contributed by atoms with van der Waals surface area (Å²) in [6.45, 7) is -0.926. The quantitative estimate of drug-likeness (QED) is 0.429. The zero-order valence-corrected chi connectivity index (χ0v) is 18.2. The predicted molar refractivity (Wildman–Crippen MR) is 121 cm³/mol. The monoisotopic (exact) mass is 450 g/mol. The topological polar surface area (TPSA) is 42.0 Å². The van der Waals surface area contributed by atoms with Crippen LogP contribution in [0.15, 0.2) is 47.4 Å². The molecule has 1 heterocycles. The van der Waals surface area contributed by atoms with Crippen LogP contribution in [0.5, 0.6) is 11.5 Å². The van der Waals surface area contributed by atoms with Crippen LogP contribution in [0.2, 0.25) is 0 Å². The van der Waals surface area contributed by atoms with Crippen LogP contribution in [-0.2, 0) is 4.79 Å². The number of halogens is 2. The number of carbonyl (C=O) groups excluding carboxylic acids is 1. The van der Waals surface area contributed by atoms with Crippen molar-refractivity contribution in [3.8, 4) is 11.5 Å². The minimum absolute atomic E-state index is 0.0578. The molecule has 0 atom stereocenters. The van der Waals surface area contributed by atoms with Gasteiger partial charge in [-0.25, -0.2) is 0 Å². The van der Waals surface area contributed by atoms with E-state index in [1.165, 1.54) is 22.7 Å². The summed E-state index contributed by atoms with van der Waals surface area (Å²) in [7, 11) is 3.87.